The van der Waals surface area contributed by atoms with Crippen molar-refractivity contribution in [3.63, 3.8) is 0 Å². The van der Waals surface area contributed by atoms with Gasteiger partial charge in [0.2, 0.25) is 0 Å². The monoisotopic (exact) mass is 262 g/mol. The fraction of sp³-hybridized carbons (Fsp3) is 0.562. The van der Waals surface area contributed by atoms with Crippen molar-refractivity contribution in [2.75, 3.05) is 18.4 Å². The summed E-state index contributed by atoms with van der Waals surface area (Å²) in [6.45, 7) is 10.3. The molecule has 0 bridgehead atoms. The summed E-state index contributed by atoms with van der Waals surface area (Å²) in [7, 11) is 0. The lowest BCUT2D eigenvalue weighted by molar-refractivity contribution is 0.0949. The topological polar surface area (TPSA) is 41.1 Å². The van der Waals surface area contributed by atoms with Gasteiger partial charge in [-0.3, -0.25) is 4.79 Å². The molecule has 0 aliphatic carbocycles. The molecule has 1 aromatic rings. The van der Waals surface area contributed by atoms with E-state index in [4.69, 9.17) is 0 Å². The van der Waals surface area contributed by atoms with E-state index in [2.05, 4.69) is 38.3 Å². The van der Waals surface area contributed by atoms with Gasteiger partial charge in [-0.05, 0) is 42.5 Å². The molecule has 2 N–H and O–H groups in total. The van der Waals surface area contributed by atoms with Crippen LogP contribution in [0, 0.1) is 5.41 Å². The normalized spacial score (nSPS) is 11.2. The number of hydrogen-bond acceptors (Lipinski definition) is 2. The van der Waals surface area contributed by atoms with Crippen LogP contribution in [0.5, 0.6) is 0 Å². The molecule has 1 aromatic carbocycles. The van der Waals surface area contributed by atoms with E-state index in [1.54, 1.807) is 0 Å². The van der Waals surface area contributed by atoms with Gasteiger partial charge in [0.05, 0.1) is 0 Å². The predicted octanol–water partition coefficient (Wildman–Crippen LogP) is 3.67. The summed E-state index contributed by atoms with van der Waals surface area (Å²) in [5, 5.41) is 6.25. The van der Waals surface area contributed by atoms with E-state index in [-0.39, 0.29) is 11.3 Å². The lowest BCUT2D eigenvalue weighted by Crippen LogP contribution is -2.27. The van der Waals surface area contributed by atoms with Gasteiger partial charge in [0.25, 0.3) is 5.91 Å². The van der Waals surface area contributed by atoms with Crippen LogP contribution < -0.4 is 10.6 Å². The first-order valence-corrected chi connectivity index (χ1v) is 7.04. The number of carbonyl (C=O) groups is 1. The molecule has 1 amide bonds. The lowest BCUT2D eigenvalue weighted by Gasteiger charge is -2.18. The Bertz CT molecular complexity index is 390. The molecule has 3 heteroatoms. The molecule has 0 aliphatic rings. The molecule has 3 nitrogen and oxygen atoms in total. The summed E-state index contributed by atoms with van der Waals surface area (Å²) in [5.74, 6) is 0.00583. The summed E-state index contributed by atoms with van der Waals surface area (Å²) < 4.78 is 0. The molecule has 19 heavy (non-hydrogen) atoms. The number of benzene rings is 1. The molecule has 1 rings (SSSR count). The zero-order valence-electron chi connectivity index (χ0n) is 12.5. The van der Waals surface area contributed by atoms with Crippen LogP contribution in [-0.2, 0) is 0 Å². The minimum atomic E-state index is 0.00583. The van der Waals surface area contributed by atoms with Crippen molar-refractivity contribution in [1.82, 2.24) is 5.32 Å². The van der Waals surface area contributed by atoms with E-state index in [1.807, 2.05) is 24.3 Å². The van der Waals surface area contributed by atoms with Gasteiger partial charge < -0.3 is 10.6 Å². The highest BCUT2D eigenvalue weighted by molar-refractivity contribution is 5.94. The fourth-order valence-electron chi connectivity index (χ4n) is 1.66. The second kappa shape index (κ2) is 7.17. The van der Waals surface area contributed by atoms with Gasteiger partial charge in [0.1, 0.15) is 0 Å². The maximum absolute atomic E-state index is 11.9. The molecular weight excluding hydrogens is 236 g/mol. The first-order valence-electron chi connectivity index (χ1n) is 7.04. The highest BCUT2D eigenvalue weighted by atomic mass is 16.1. The Hall–Kier alpha value is -1.51. The average molecular weight is 262 g/mol. The quantitative estimate of drug-likeness (QED) is 0.821. The Kier molecular flexibility index (Phi) is 5.87. The van der Waals surface area contributed by atoms with E-state index >= 15 is 0 Å². The molecule has 0 aliphatic heterocycles. The summed E-state index contributed by atoms with van der Waals surface area (Å²) in [5.41, 5.74) is 2.03. The minimum Gasteiger partial charge on any atom is -0.385 e. The summed E-state index contributed by atoms with van der Waals surface area (Å²) in [6.07, 6.45) is 2.07. The van der Waals surface area contributed by atoms with E-state index in [1.165, 1.54) is 0 Å². The van der Waals surface area contributed by atoms with Gasteiger partial charge in [-0.25, -0.2) is 0 Å². The zero-order chi connectivity index (χ0) is 14.3. The maximum atomic E-state index is 11.9. The largest absolute Gasteiger partial charge is 0.385 e. The van der Waals surface area contributed by atoms with Crippen molar-refractivity contribution in [2.45, 2.75) is 40.5 Å². The van der Waals surface area contributed by atoms with Gasteiger partial charge in [-0.15, -0.1) is 0 Å². The molecule has 0 aromatic heterocycles. The van der Waals surface area contributed by atoms with Crippen LogP contribution in [0.2, 0.25) is 0 Å². The first kappa shape index (κ1) is 15.5. The minimum absolute atomic E-state index is 0.00583. The maximum Gasteiger partial charge on any atom is 0.251 e. The molecule has 0 radical (unpaired) electrons. The van der Waals surface area contributed by atoms with Crippen molar-refractivity contribution < 1.29 is 4.79 Å². The summed E-state index contributed by atoms with van der Waals surface area (Å²) in [6, 6.07) is 7.64. The van der Waals surface area contributed by atoms with E-state index in [0.717, 1.165) is 37.2 Å². The second-order valence-corrected chi connectivity index (χ2v) is 6.07. The number of rotatable bonds is 6. The second-order valence-electron chi connectivity index (χ2n) is 6.07. The Balaban J connectivity index is 2.44. The third-order valence-corrected chi connectivity index (χ3v) is 2.89. The van der Waals surface area contributed by atoms with Crippen molar-refractivity contribution >= 4 is 11.6 Å². The van der Waals surface area contributed by atoms with Gasteiger partial charge in [-0.1, -0.05) is 27.7 Å². The van der Waals surface area contributed by atoms with Crippen molar-refractivity contribution in [3.8, 4) is 0 Å². The Morgan fingerprint density at radius 2 is 1.74 bits per heavy atom. The molecule has 106 valence electrons. The van der Waals surface area contributed by atoms with Crippen molar-refractivity contribution in [2.24, 2.45) is 5.41 Å². The van der Waals surface area contributed by atoms with E-state index in [0.29, 0.717) is 0 Å². The number of hydrogen-bond donors (Lipinski definition) is 2. The molecule has 0 saturated heterocycles. The van der Waals surface area contributed by atoms with Gasteiger partial charge >= 0.3 is 0 Å². The number of carbonyl (C=O) groups excluding carboxylic acids is 1. The standard InChI is InChI=1S/C16H26N2O/c1-5-11-17-14-8-6-13(7-9-14)15(19)18-12-10-16(2,3)4/h6-9,17H,5,10-12H2,1-4H3,(H,18,19). The summed E-state index contributed by atoms with van der Waals surface area (Å²) in [4.78, 5) is 11.9. The van der Waals surface area contributed by atoms with Crippen LogP contribution in [0.15, 0.2) is 24.3 Å². The number of nitrogens with one attached hydrogen (secondary N) is 2. The number of anilines is 1. The summed E-state index contributed by atoms with van der Waals surface area (Å²) >= 11 is 0. The van der Waals surface area contributed by atoms with Crippen LogP contribution in [0.4, 0.5) is 5.69 Å². The smallest absolute Gasteiger partial charge is 0.251 e. The highest BCUT2D eigenvalue weighted by Gasteiger charge is 2.11. The Morgan fingerprint density at radius 3 is 2.26 bits per heavy atom. The van der Waals surface area contributed by atoms with Crippen LogP contribution in [0.1, 0.15) is 50.9 Å². The zero-order valence-corrected chi connectivity index (χ0v) is 12.5. The predicted molar refractivity (Wildman–Crippen MR) is 81.6 cm³/mol. The van der Waals surface area contributed by atoms with Crippen molar-refractivity contribution in [1.29, 1.82) is 0 Å². The third-order valence-electron chi connectivity index (χ3n) is 2.89. The van der Waals surface area contributed by atoms with Crippen LogP contribution in [0.25, 0.3) is 0 Å². The first-order chi connectivity index (χ1) is 8.92. The van der Waals surface area contributed by atoms with Crippen molar-refractivity contribution in [3.05, 3.63) is 29.8 Å². The van der Waals surface area contributed by atoms with Gasteiger partial charge in [-0.2, -0.15) is 0 Å². The van der Waals surface area contributed by atoms with Gasteiger partial charge in [0, 0.05) is 24.3 Å². The van der Waals surface area contributed by atoms with Crippen LogP contribution >= 0.6 is 0 Å². The van der Waals surface area contributed by atoms with E-state index in [9.17, 15) is 4.79 Å². The van der Waals surface area contributed by atoms with Crippen LogP contribution in [-0.4, -0.2) is 19.0 Å². The molecule has 0 heterocycles. The Labute approximate surface area is 116 Å². The Morgan fingerprint density at radius 1 is 1.11 bits per heavy atom. The van der Waals surface area contributed by atoms with Crippen LogP contribution in [0.3, 0.4) is 0 Å². The highest BCUT2D eigenvalue weighted by Crippen LogP contribution is 2.17. The molecular formula is C16H26N2O. The molecule has 0 spiro atoms. The fourth-order valence-corrected chi connectivity index (χ4v) is 1.66. The molecule has 0 saturated carbocycles. The third kappa shape index (κ3) is 6.27. The molecule has 0 unspecified atom stereocenters. The molecule has 0 atom stereocenters. The number of amides is 1. The lowest BCUT2D eigenvalue weighted by atomic mass is 9.92. The average Bonchev–Trinajstić information content (AvgIpc) is 2.35. The van der Waals surface area contributed by atoms with Gasteiger partial charge in [0.15, 0.2) is 0 Å². The SMILES string of the molecule is CCCNc1ccc(C(=O)NCCC(C)(C)C)cc1. The molecule has 0 fully saturated rings. The van der Waals surface area contributed by atoms with E-state index < -0.39 is 0 Å².